The molecule has 0 spiro atoms. The number of thiophene rings is 1. The van der Waals surface area contributed by atoms with Crippen molar-refractivity contribution >= 4 is 17.2 Å². The highest BCUT2D eigenvalue weighted by atomic mass is 32.1. The van der Waals surface area contributed by atoms with Gasteiger partial charge < -0.3 is 9.64 Å². The molecule has 1 fully saturated rings. The Morgan fingerprint density at radius 1 is 1.38 bits per heavy atom. The molecule has 1 unspecified atom stereocenters. The number of rotatable bonds is 4. The molecule has 1 aromatic heterocycles. The van der Waals surface area contributed by atoms with E-state index in [2.05, 4.69) is 6.07 Å². The van der Waals surface area contributed by atoms with Crippen LogP contribution in [0.3, 0.4) is 0 Å². The van der Waals surface area contributed by atoms with Crippen LogP contribution >= 0.6 is 11.3 Å². The van der Waals surface area contributed by atoms with Crippen LogP contribution in [0.5, 0.6) is 5.75 Å². The Labute approximate surface area is 129 Å². The number of hydrogen-bond donors (Lipinski definition) is 0. The van der Waals surface area contributed by atoms with Crippen molar-refractivity contribution in [3.05, 3.63) is 52.2 Å². The number of carbonyl (C=O) groups is 1. The van der Waals surface area contributed by atoms with Gasteiger partial charge in [0.2, 0.25) is 5.91 Å². The molecule has 1 aliphatic rings. The normalized spacial score (nSPS) is 18.0. The number of likely N-dealkylation sites (tertiary alicyclic amines) is 1. The van der Waals surface area contributed by atoms with Gasteiger partial charge >= 0.3 is 0 Å². The molecule has 1 saturated heterocycles. The summed E-state index contributed by atoms with van der Waals surface area (Å²) in [6.45, 7) is 0.853. The monoisotopic (exact) mass is 301 g/mol. The van der Waals surface area contributed by atoms with Crippen LogP contribution in [0.25, 0.3) is 0 Å². The lowest BCUT2D eigenvalue weighted by Crippen LogP contribution is -2.31. The molecule has 3 rings (SSSR count). The molecule has 110 valence electrons. The number of methoxy groups -OCH3 is 1. The molecule has 2 aromatic rings. The zero-order chi connectivity index (χ0) is 14.7. The van der Waals surface area contributed by atoms with Crippen LogP contribution in [-0.2, 0) is 11.2 Å². The second-order valence-corrected chi connectivity index (χ2v) is 6.31. The van der Waals surface area contributed by atoms with Gasteiger partial charge in [-0.1, -0.05) is 18.2 Å². The molecule has 0 saturated carbocycles. The van der Waals surface area contributed by atoms with Gasteiger partial charge in [0.25, 0.3) is 0 Å². The lowest BCUT2D eigenvalue weighted by atomic mass is 10.0. The maximum Gasteiger partial charge on any atom is 0.228 e. The number of nitrogens with zero attached hydrogens (tertiary/aromatic N) is 1. The molecule has 0 radical (unpaired) electrons. The molecule has 1 aliphatic heterocycles. The first-order valence-corrected chi connectivity index (χ1v) is 8.11. The van der Waals surface area contributed by atoms with Crippen molar-refractivity contribution in [3.8, 4) is 5.75 Å². The lowest BCUT2D eigenvalue weighted by Gasteiger charge is -2.25. The Bertz CT molecular complexity index is 609. The predicted molar refractivity (Wildman–Crippen MR) is 84.7 cm³/mol. The van der Waals surface area contributed by atoms with Gasteiger partial charge in [0.1, 0.15) is 5.75 Å². The molecule has 1 atom stereocenters. The SMILES string of the molecule is COc1cccc(C2CCCN2C(=O)Cc2cccs2)c1. The Hall–Kier alpha value is -1.81. The molecule has 21 heavy (non-hydrogen) atoms. The number of carbonyl (C=O) groups excluding carboxylic acids is 1. The fourth-order valence-electron chi connectivity index (χ4n) is 2.92. The number of benzene rings is 1. The van der Waals surface area contributed by atoms with E-state index in [1.807, 2.05) is 40.6 Å². The van der Waals surface area contributed by atoms with Gasteiger partial charge in [0.05, 0.1) is 19.6 Å². The van der Waals surface area contributed by atoms with Gasteiger partial charge in [-0.25, -0.2) is 0 Å². The van der Waals surface area contributed by atoms with Crippen LogP contribution < -0.4 is 4.74 Å². The summed E-state index contributed by atoms with van der Waals surface area (Å²) in [7, 11) is 1.67. The summed E-state index contributed by atoms with van der Waals surface area (Å²) >= 11 is 1.65. The van der Waals surface area contributed by atoms with E-state index >= 15 is 0 Å². The van der Waals surface area contributed by atoms with E-state index in [9.17, 15) is 4.79 Å². The highest BCUT2D eigenvalue weighted by Crippen LogP contribution is 2.34. The van der Waals surface area contributed by atoms with Crippen molar-refractivity contribution < 1.29 is 9.53 Å². The summed E-state index contributed by atoms with van der Waals surface area (Å²) in [4.78, 5) is 15.7. The van der Waals surface area contributed by atoms with Crippen molar-refractivity contribution in [1.82, 2.24) is 4.90 Å². The second-order valence-electron chi connectivity index (χ2n) is 5.28. The molecule has 0 N–H and O–H groups in total. The second kappa shape index (κ2) is 6.31. The molecule has 1 aromatic carbocycles. The standard InChI is InChI=1S/C17H19NO2S/c1-20-14-6-2-5-13(11-14)16-8-3-9-18(16)17(19)12-15-7-4-10-21-15/h2,4-7,10-11,16H,3,8-9,12H2,1H3. The van der Waals surface area contributed by atoms with Gasteiger partial charge in [0, 0.05) is 11.4 Å². The molecule has 4 heteroatoms. The van der Waals surface area contributed by atoms with Crippen molar-refractivity contribution in [1.29, 1.82) is 0 Å². The Morgan fingerprint density at radius 2 is 2.29 bits per heavy atom. The highest BCUT2D eigenvalue weighted by molar-refractivity contribution is 7.10. The molecule has 0 bridgehead atoms. The lowest BCUT2D eigenvalue weighted by molar-refractivity contribution is -0.131. The van der Waals surface area contributed by atoms with Gasteiger partial charge in [-0.3, -0.25) is 4.79 Å². The largest absolute Gasteiger partial charge is 0.497 e. The van der Waals surface area contributed by atoms with Crippen LogP contribution in [0.15, 0.2) is 41.8 Å². The summed E-state index contributed by atoms with van der Waals surface area (Å²) in [5.41, 5.74) is 1.17. The zero-order valence-electron chi connectivity index (χ0n) is 12.1. The predicted octanol–water partition coefficient (Wildman–Crippen LogP) is 3.66. The maximum atomic E-state index is 12.6. The third-order valence-corrected chi connectivity index (χ3v) is 4.83. The fraction of sp³-hybridized carbons (Fsp3) is 0.353. The first-order chi connectivity index (χ1) is 10.3. The average molecular weight is 301 g/mol. The highest BCUT2D eigenvalue weighted by Gasteiger charge is 2.30. The minimum atomic E-state index is 0.188. The van der Waals surface area contributed by atoms with Crippen molar-refractivity contribution in [2.75, 3.05) is 13.7 Å². The molecular formula is C17H19NO2S. The third-order valence-electron chi connectivity index (χ3n) is 3.96. The number of hydrogen-bond acceptors (Lipinski definition) is 3. The smallest absolute Gasteiger partial charge is 0.228 e. The van der Waals surface area contributed by atoms with E-state index in [0.717, 1.165) is 30.0 Å². The first kappa shape index (κ1) is 14.1. The Balaban J connectivity index is 1.76. The fourth-order valence-corrected chi connectivity index (χ4v) is 3.62. The summed E-state index contributed by atoms with van der Waals surface area (Å²) in [5.74, 6) is 1.08. The van der Waals surface area contributed by atoms with Crippen molar-refractivity contribution in [2.24, 2.45) is 0 Å². The molecular weight excluding hydrogens is 282 g/mol. The van der Waals surface area contributed by atoms with E-state index in [1.54, 1.807) is 18.4 Å². The molecule has 0 aliphatic carbocycles. The third kappa shape index (κ3) is 3.10. The average Bonchev–Trinajstić information content (AvgIpc) is 3.18. The minimum absolute atomic E-state index is 0.188. The number of amides is 1. The summed E-state index contributed by atoms with van der Waals surface area (Å²) in [6.07, 6.45) is 2.61. The van der Waals surface area contributed by atoms with Crippen LogP contribution in [0.1, 0.15) is 29.3 Å². The summed E-state index contributed by atoms with van der Waals surface area (Å²) < 4.78 is 5.29. The maximum absolute atomic E-state index is 12.6. The van der Waals surface area contributed by atoms with E-state index in [1.165, 1.54) is 5.56 Å². The minimum Gasteiger partial charge on any atom is -0.497 e. The van der Waals surface area contributed by atoms with Gasteiger partial charge in [-0.15, -0.1) is 11.3 Å². The van der Waals surface area contributed by atoms with Gasteiger partial charge in [-0.05, 0) is 42.0 Å². The molecule has 1 amide bonds. The Morgan fingerprint density at radius 3 is 3.05 bits per heavy atom. The van der Waals surface area contributed by atoms with E-state index in [4.69, 9.17) is 4.74 Å². The van der Waals surface area contributed by atoms with Crippen molar-refractivity contribution in [2.45, 2.75) is 25.3 Å². The molecule has 3 nitrogen and oxygen atoms in total. The van der Waals surface area contributed by atoms with Gasteiger partial charge in [-0.2, -0.15) is 0 Å². The van der Waals surface area contributed by atoms with Crippen molar-refractivity contribution in [3.63, 3.8) is 0 Å². The van der Waals surface area contributed by atoms with E-state index < -0.39 is 0 Å². The first-order valence-electron chi connectivity index (χ1n) is 7.24. The topological polar surface area (TPSA) is 29.5 Å². The van der Waals surface area contributed by atoms with Crippen LogP contribution in [0, 0.1) is 0 Å². The van der Waals surface area contributed by atoms with Crippen LogP contribution in [0.2, 0.25) is 0 Å². The molecule has 2 heterocycles. The van der Waals surface area contributed by atoms with E-state index in [0.29, 0.717) is 6.42 Å². The summed E-state index contributed by atoms with van der Waals surface area (Å²) in [5, 5.41) is 2.02. The quantitative estimate of drug-likeness (QED) is 0.862. The van der Waals surface area contributed by atoms with Crippen LogP contribution in [0.4, 0.5) is 0 Å². The van der Waals surface area contributed by atoms with Crippen LogP contribution in [-0.4, -0.2) is 24.5 Å². The zero-order valence-corrected chi connectivity index (χ0v) is 12.9. The number of ether oxygens (including phenoxy) is 1. The Kier molecular flexibility index (Phi) is 4.25. The van der Waals surface area contributed by atoms with Gasteiger partial charge in [0.15, 0.2) is 0 Å². The van der Waals surface area contributed by atoms with E-state index in [-0.39, 0.29) is 11.9 Å². The summed E-state index contributed by atoms with van der Waals surface area (Å²) in [6, 6.07) is 12.3.